The van der Waals surface area contributed by atoms with Crippen molar-refractivity contribution in [1.29, 1.82) is 0 Å². The molecule has 3 aromatic carbocycles. The van der Waals surface area contributed by atoms with Gasteiger partial charge in [0.2, 0.25) is 0 Å². The average Bonchev–Trinajstić information content (AvgIpc) is 3.62. The summed E-state index contributed by atoms with van der Waals surface area (Å²) in [7, 11) is 3.08. The van der Waals surface area contributed by atoms with Crippen molar-refractivity contribution < 1.29 is 28.5 Å². The second-order valence-corrected chi connectivity index (χ2v) is 11.9. The van der Waals surface area contributed by atoms with Crippen LogP contribution in [-0.4, -0.2) is 73.6 Å². The molecule has 4 heterocycles. The summed E-state index contributed by atoms with van der Waals surface area (Å²) in [6.07, 6.45) is 9.32. The van der Waals surface area contributed by atoms with Crippen molar-refractivity contribution in [3.8, 4) is 23.0 Å². The number of hydrogen-bond acceptors (Lipinski definition) is 9. The maximum atomic E-state index is 13.6. The number of methoxy groups -OCH3 is 2. The summed E-state index contributed by atoms with van der Waals surface area (Å²) in [5.74, 6) is 1.59. The minimum atomic E-state index is -0.203. The maximum Gasteiger partial charge on any atom is 0.260 e. The van der Waals surface area contributed by atoms with Gasteiger partial charge in [-0.25, -0.2) is 0 Å². The van der Waals surface area contributed by atoms with E-state index in [9.17, 15) is 9.59 Å². The molecule has 4 aliphatic rings. The van der Waals surface area contributed by atoms with Crippen LogP contribution in [0.15, 0.2) is 76.5 Å². The largest absolute Gasteiger partial charge is 0.493 e. The molecule has 0 bridgehead atoms. The lowest BCUT2D eigenvalue weighted by Crippen LogP contribution is -2.32. The van der Waals surface area contributed by atoms with Gasteiger partial charge < -0.3 is 34.5 Å². The number of anilines is 1. The average molecular weight is 634 g/mol. The number of rotatable bonds is 9. The van der Waals surface area contributed by atoms with E-state index in [-0.39, 0.29) is 23.9 Å². The smallest absolute Gasteiger partial charge is 0.260 e. The first-order chi connectivity index (χ1) is 22.8. The Morgan fingerprint density at radius 2 is 1.34 bits per heavy atom. The number of nitrogens with two attached hydrogens (primary N) is 1. The van der Waals surface area contributed by atoms with E-state index in [2.05, 4.69) is 9.98 Å². The van der Waals surface area contributed by atoms with Crippen LogP contribution in [0.1, 0.15) is 52.5 Å². The van der Waals surface area contributed by atoms with Gasteiger partial charge in [-0.05, 0) is 48.7 Å². The van der Waals surface area contributed by atoms with Gasteiger partial charge in [-0.15, -0.1) is 0 Å². The lowest BCUT2D eigenvalue weighted by Gasteiger charge is -2.19. The molecule has 4 aliphatic heterocycles. The molecule has 7 rings (SSSR count). The van der Waals surface area contributed by atoms with Crippen LogP contribution in [0.3, 0.4) is 0 Å². The predicted molar refractivity (Wildman–Crippen MR) is 180 cm³/mol. The lowest BCUT2D eigenvalue weighted by molar-refractivity contribution is 0.0809. The Morgan fingerprint density at radius 3 is 1.91 bits per heavy atom. The number of hydrogen-bond donors (Lipinski definition) is 1. The third kappa shape index (κ3) is 5.69. The molecule has 2 N–H and O–H groups in total. The molecule has 0 spiro atoms. The fraction of sp³-hybridized carbons (Fsp3) is 0.278. The Balaban J connectivity index is 1.01. The van der Waals surface area contributed by atoms with Gasteiger partial charge in [0.15, 0.2) is 23.0 Å². The number of ether oxygens (including phenoxy) is 4. The SMILES string of the molecule is COc1cc2c(cc1OCCCOc1cc3c(cc1OC)C(=O)N1C=C(c4cccc(N)c4)CC1C=N3)N=CC1CC(C)=CN1C2=O. The molecule has 240 valence electrons. The number of nitrogens with zero attached hydrogens (tertiary/aromatic N) is 4. The molecule has 0 saturated carbocycles. The summed E-state index contributed by atoms with van der Waals surface area (Å²) in [4.78, 5) is 39.6. The molecule has 11 heteroatoms. The van der Waals surface area contributed by atoms with E-state index < -0.39 is 0 Å². The van der Waals surface area contributed by atoms with Gasteiger partial charge in [0.25, 0.3) is 11.8 Å². The summed E-state index contributed by atoms with van der Waals surface area (Å²) in [6, 6.07) is 14.2. The first kappa shape index (κ1) is 30.1. The van der Waals surface area contributed by atoms with Gasteiger partial charge in [-0.2, -0.15) is 0 Å². The fourth-order valence-electron chi connectivity index (χ4n) is 6.29. The predicted octanol–water partition coefficient (Wildman–Crippen LogP) is 5.94. The summed E-state index contributed by atoms with van der Waals surface area (Å²) in [5, 5.41) is 0. The highest BCUT2D eigenvalue weighted by molar-refractivity contribution is 6.06. The molecular formula is C36H35N5O6. The number of nitrogen functional groups attached to an aromatic ring is 1. The number of benzene rings is 3. The van der Waals surface area contributed by atoms with Crippen molar-refractivity contribution in [1.82, 2.24) is 9.80 Å². The zero-order valence-corrected chi connectivity index (χ0v) is 26.4. The molecule has 0 fully saturated rings. The third-order valence-corrected chi connectivity index (χ3v) is 8.66. The zero-order valence-electron chi connectivity index (χ0n) is 26.4. The van der Waals surface area contributed by atoms with Crippen LogP contribution in [0.5, 0.6) is 23.0 Å². The van der Waals surface area contributed by atoms with Gasteiger partial charge in [-0.3, -0.25) is 19.6 Å². The Hall–Kier alpha value is -5.58. The molecule has 3 aromatic rings. The Labute approximate surface area is 272 Å². The van der Waals surface area contributed by atoms with E-state index in [1.54, 1.807) is 47.4 Å². The van der Waals surface area contributed by atoms with Gasteiger partial charge in [0, 0.05) is 55.5 Å². The van der Waals surface area contributed by atoms with Crippen LogP contribution in [0.4, 0.5) is 17.1 Å². The molecular weight excluding hydrogens is 598 g/mol. The van der Waals surface area contributed by atoms with Crippen LogP contribution in [-0.2, 0) is 0 Å². The van der Waals surface area contributed by atoms with E-state index in [0.717, 1.165) is 23.1 Å². The van der Waals surface area contributed by atoms with Gasteiger partial charge in [-0.1, -0.05) is 17.7 Å². The minimum absolute atomic E-state index is 0.0852. The quantitative estimate of drug-likeness (QED) is 0.228. The monoisotopic (exact) mass is 633 g/mol. The molecule has 0 aliphatic carbocycles. The first-order valence-corrected chi connectivity index (χ1v) is 15.5. The zero-order chi connectivity index (χ0) is 32.7. The van der Waals surface area contributed by atoms with Crippen molar-refractivity contribution in [2.45, 2.75) is 38.3 Å². The first-order valence-electron chi connectivity index (χ1n) is 15.5. The minimum Gasteiger partial charge on any atom is -0.493 e. The van der Waals surface area contributed by atoms with Crippen molar-refractivity contribution >= 4 is 46.9 Å². The molecule has 0 radical (unpaired) electrons. The highest BCUT2D eigenvalue weighted by Crippen LogP contribution is 2.41. The van der Waals surface area contributed by atoms with E-state index in [4.69, 9.17) is 24.7 Å². The van der Waals surface area contributed by atoms with Gasteiger partial charge in [0.05, 0.1) is 62.0 Å². The lowest BCUT2D eigenvalue weighted by atomic mass is 10.0. The molecule has 0 saturated heterocycles. The van der Waals surface area contributed by atoms with Crippen LogP contribution >= 0.6 is 0 Å². The van der Waals surface area contributed by atoms with Crippen LogP contribution in [0, 0.1) is 0 Å². The van der Waals surface area contributed by atoms with E-state index in [0.29, 0.717) is 77.2 Å². The molecule has 2 atom stereocenters. The van der Waals surface area contributed by atoms with Crippen LogP contribution in [0.2, 0.25) is 0 Å². The van der Waals surface area contributed by atoms with Crippen LogP contribution < -0.4 is 24.7 Å². The number of carbonyl (C=O) groups excluding carboxylic acids is 2. The molecule has 2 amide bonds. The fourth-order valence-corrected chi connectivity index (χ4v) is 6.29. The van der Waals surface area contributed by atoms with E-state index in [1.165, 1.54) is 7.11 Å². The second kappa shape index (κ2) is 12.3. The summed E-state index contributed by atoms with van der Waals surface area (Å²) in [5.41, 5.74) is 11.8. The molecule has 0 aromatic heterocycles. The van der Waals surface area contributed by atoms with Crippen LogP contribution in [0.25, 0.3) is 5.57 Å². The summed E-state index contributed by atoms with van der Waals surface area (Å²) >= 11 is 0. The number of fused-ring (bicyclic) bond motifs is 4. The van der Waals surface area contributed by atoms with Crippen molar-refractivity contribution in [3.63, 3.8) is 0 Å². The highest BCUT2D eigenvalue weighted by Gasteiger charge is 2.34. The van der Waals surface area contributed by atoms with Crippen molar-refractivity contribution in [3.05, 3.63) is 83.2 Å². The topological polar surface area (TPSA) is 128 Å². The van der Waals surface area contributed by atoms with E-state index >= 15 is 0 Å². The Bertz CT molecular complexity index is 1900. The maximum absolute atomic E-state index is 13.6. The molecule has 2 unspecified atom stereocenters. The van der Waals surface area contributed by atoms with Crippen molar-refractivity contribution in [2.24, 2.45) is 9.98 Å². The molecule has 11 nitrogen and oxygen atoms in total. The van der Waals surface area contributed by atoms with Crippen molar-refractivity contribution in [2.75, 3.05) is 33.2 Å². The Kier molecular flexibility index (Phi) is 7.88. The number of amides is 2. The number of aliphatic imine (C=N–C) groups is 2. The van der Waals surface area contributed by atoms with E-state index in [1.807, 2.05) is 49.8 Å². The summed E-state index contributed by atoms with van der Waals surface area (Å²) < 4.78 is 23.3. The van der Waals surface area contributed by atoms with Gasteiger partial charge in [0.1, 0.15) is 0 Å². The third-order valence-electron chi connectivity index (χ3n) is 8.66. The highest BCUT2D eigenvalue weighted by atomic mass is 16.5. The normalized spacial score (nSPS) is 19.2. The Morgan fingerprint density at radius 1 is 0.766 bits per heavy atom. The second-order valence-electron chi connectivity index (χ2n) is 11.9. The summed E-state index contributed by atoms with van der Waals surface area (Å²) in [6.45, 7) is 2.65. The van der Waals surface area contributed by atoms with Gasteiger partial charge >= 0.3 is 0 Å². The standard InChI is InChI=1S/C36H35N5O6/c1-21-10-25-17-38-29-15-33(31(44-2)13-27(29)35(42)40(25)19-21)46-8-5-9-47-34-16-30-28(14-32(34)45-3)36(43)41-20-23(12-26(41)18-39-30)22-6-4-7-24(37)11-22/h4,6-7,11,13-20,25-26H,5,8-10,12,37H2,1-3H3. The molecule has 47 heavy (non-hydrogen) atoms. The number of carbonyl (C=O) groups is 2.